The van der Waals surface area contributed by atoms with Crippen LogP contribution in [0.2, 0.25) is 0 Å². The molecule has 0 aromatic heterocycles. The molecule has 0 radical (unpaired) electrons. The third-order valence-corrected chi connectivity index (χ3v) is 3.79. The lowest BCUT2D eigenvalue weighted by Crippen LogP contribution is -2.27. The zero-order valence-corrected chi connectivity index (χ0v) is 7.49. The van der Waals surface area contributed by atoms with E-state index >= 15 is 0 Å². The Kier molecular flexibility index (Phi) is 1.14. The summed E-state index contributed by atoms with van der Waals surface area (Å²) in [6.07, 6.45) is 10.3. The van der Waals surface area contributed by atoms with Crippen molar-refractivity contribution in [2.75, 3.05) is 0 Å². The summed E-state index contributed by atoms with van der Waals surface area (Å²) >= 11 is 0. The number of carbonyl (C=O) groups is 1. The Morgan fingerprint density at radius 3 is 3.15 bits per heavy atom. The molecule has 3 aliphatic carbocycles. The number of fused-ring (bicyclic) bond motifs is 1. The van der Waals surface area contributed by atoms with Gasteiger partial charge in [0.1, 0.15) is 5.78 Å². The molecular weight excluding hydrogens is 160 g/mol. The molecule has 2 bridgehead atoms. The summed E-state index contributed by atoms with van der Waals surface area (Å²) in [6.45, 7) is 4.06. The fourth-order valence-corrected chi connectivity index (χ4v) is 3.14. The van der Waals surface area contributed by atoms with E-state index in [4.69, 9.17) is 0 Å². The van der Waals surface area contributed by atoms with Crippen LogP contribution in [0.1, 0.15) is 12.8 Å². The van der Waals surface area contributed by atoms with Crippen molar-refractivity contribution in [2.45, 2.75) is 12.8 Å². The van der Waals surface area contributed by atoms with E-state index in [2.05, 4.69) is 30.9 Å². The van der Waals surface area contributed by atoms with E-state index in [1.807, 2.05) is 0 Å². The van der Waals surface area contributed by atoms with Crippen molar-refractivity contribution in [3.63, 3.8) is 0 Å². The van der Waals surface area contributed by atoms with Gasteiger partial charge in [-0.1, -0.05) is 36.5 Å². The van der Waals surface area contributed by atoms with Gasteiger partial charge in [0, 0.05) is 23.7 Å². The van der Waals surface area contributed by atoms with Gasteiger partial charge in [0.2, 0.25) is 0 Å². The number of Topliss-reactive ketones (excluding diaryl/α,β-unsaturated/α-hetero) is 1. The lowest BCUT2D eigenvalue weighted by Gasteiger charge is -2.32. The smallest absolute Gasteiger partial charge is 0.140 e. The molecule has 0 aromatic rings. The summed E-state index contributed by atoms with van der Waals surface area (Å²) in [4.78, 5) is 11.6. The normalized spacial score (nSPS) is 45.8. The Hall–Kier alpha value is -1.11. The molecule has 2 saturated carbocycles. The number of carbonyl (C=O) groups excluding carboxylic acids is 1. The van der Waals surface area contributed by atoms with E-state index in [1.54, 1.807) is 0 Å². The van der Waals surface area contributed by atoms with Gasteiger partial charge < -0.3 is 0 Å². The zero-order chi connectivity index (χ0) is 9.05. The first-order chi connectivity index (χ1) is 6.23. The largest absolute Gasteiger partial charge is 0.299 e. The summed E-state index contributed by atoms with van der Waals surface area (Å²) in [7, 11) is 0. The molecule has 1 spiro atoms. The molecule has 13 heavy (non-hydrogen) atoms. The minimum Gasteiger partial charge on any atom is -0.299 e. The quantitative estimate of drug-likeness (QED) is 0.512. The predicted octanol–water partition coefficient (Wildman–Crippen LogP) is 2.26. The first-order valence-electron chi connectivity index (χ1n) is 4.80. The molecule has 1 heteroatoms. The van der Waals surface area contributed by atoms with Crippen LogP contribution in [0, 0.1) is 17.3 Å². The van der Waals surface area contributed by atoms with Crippen molar-refractivity contribution in [1.29, 1.82) is 0 Å². The third-order valence-electron chi connectivity index (χ3n) is 3.79. The van der Waals surface area contributed by atoms with E-state index in [0.717, 1.165) is 18.4 Å². The van der Waals surface area contributed by atoms with E-state index in [9.17, 15) is 4.79 Å². The monoisotopic (exact) mass is 172 g/mol. The van der Waals surface area contributed by atoms with Crippen LogP contribution < -0.4 is 0 Å². The number of hydrogen-bond acceptors (Lipinski definition) is 1. The maximum absolute atomic E-state index is 11.6. The molecule has 3 atom stereocenters. The van der Waals surface area contributed by atoms with Crippen LogP contribution >= 0.6 is 0 Å². The second-order valence-corrected chi connectivity index (χ2v) is 4.43. The van der Waals surface area contributed by atoms with Gasteiger partial charge in [0.05, 0.1) is 0 Å². The minimum atomic E-state index is 0.133. The van der Waals surface area contributed by atoms with Gasteiger partial charge in [0.25, 0.3) is 0 Å². The molecule has 0 amide bonds. The van der Waals surface area contributed by atoms with Gasteiger partial charge in [-0.3, -0.25) is 4.79 Å². The summed E-state index contributed by atoms with van der Waals surface area (Å²) in [6, 6.07) is 0. The van der Waals surface area contributed by atoms with Crippen LogP contribution in [-0.2, 0) is 4.79 Å². The van der Waals surface area contributed by atoms with Crippen molar-refractivity contribution >= 4 is 5.78 Å². The molecule has 0 N–H and O–H groups in total. The second kappa shape index (κ2) is 2.03. The molecule has 1 nitrogen and oxygen atoms in total. The van der Waals surface area contributed by atoms with E-state index in [0.29, 0.717) is 11.7 Å². The van der Waals surface area contributed by atoms with Crippen LogP contribution in [0.5, 0.6) is 0 Å². The van der Waals surface area contributed by atoms with Crippen molar-refractivity contribution in [1.82, 2.24) is 0 Å². The molecule has 2 fully saturated rings. The number of ketones is 1. The van der Waals surface area contributed by atoms with Gasteiger partial charge >= 0.3 is 0 Å². The van der Waals surface area contributed by atoms with Gasteiger partial charge in [-0.05, 0) is 6.42 Å². The Morgan fingerprint density at radius 2 is 2.31 bits per heavy atom. The third kappa shape index (κ3) is 0.707. The summed E-state index contributed by atoms with van der Waals surface area (Å²) < 4.78 is 0. The first kappa shape index (κ1) is 7.31. The SMILES string of the molecule is C=C1C2CC3(C=CC=CC13)CC2=O. The maximum Gasteiger partial charge on any atom is 0.140 e. The molecule has 0 saturated heterocycles. The zero-order valence-electron chi connectivity index (χ0n) is 7.49. The van der Waals surface area contributed by atoms with E-state index in [1.165, 1.54) is 0 Å². The summed E-state index contributed by atoms with van der Waals surface area (Å²) in [5, 5.41) is 0. The Morgan fingerprint density at radius 1 is 1.46 bits per heavy atom. The maximum atomic E-state index is 11.6. The van der Waals surface area contributed by atoms with Crippen LogP contribution in [0.3, 0.4) is 0 Å². The standard InChI is InChI=1S/C12H12O/c1-8-9-6-12(7-11(9)13)5-3-2-4-10(8)12/h2-5,9-10H,1,6-7H2. The van der Waals surface area contributed by atoms with E-state index in [-0.39, 0.29) is 11.3 Å². The predicted molar refractivity (Wildman–Crippen MR) is 51.1 cm³/mol. The highest BCUT2D eigenvalue weighted by atomic mass is 16.1. The molecule has 0 heterocycles. The molecule has 0 aromatic carbocycles. The van der Waals surface area contributed by atoms with Crippen LogP contribution in [0.4, 0.5) is 0 Å². The van der Waals surface area contributed by atoms with Crippen molar-refractivity contribution < 1.29 is 4.79 Å². The molecule has 3 rings (SSSR count). The number of rotatable bonds is 0. The van der Waals surface area contributed by atoms with Gasteiger partial charge in [0.15, 0.2) is 0 Å². The first-order valence-corrected chi connectivity index (χ1v) is 4.80. The Balaban J connectivity index is 2.14. The minimum absolute atomic E-state index is 0.133. The van der Waals surface area contributed by atoms with Crippen molar-refractivity contribution in [3.05, 3.63) is 36.5 Å². The highest BCUT2D eigenvalue weighted by molar-refractivity contribution is 5.89. The van der Waals surface area contributed by atoms with Crippen LogP contribution in [0.15, 0.2) is 36.5 Å². The summed E-state index contributed by atoms with van der Waals surface area (Å²) in [5.41, 5.74) is 1.28. The molecule has 0 aliphatic heterocycles. The number of allylic oxidation sites excluding steroid dienone is 5. The fraction of sp³-hybridized carbons (Fsp3) is 0.417. The lowest BCUT2D eigenvalue weighted by atomic mass is 9.71. The molecule has 3 unspecified atom stereocenters. The topological polar surface area (TPSA) is 17.1 Å². The van der Waals surface area contributed by atoms with Crippen LogP contribution in [0.25, 0.3) is 0 Å². The molecular formula is C12H12O. The van der Waals surface area contributed by atoms with Crippen molar-refractivity contribution in [2.24, 2.45) is 17.3 Å². The van der Waals surface area contributed by atoms with Gasteiger partial charge in [-0.15, -0.1) is 0 Å². The van der Waals surface area contributed by atoms with E-state index < -0.39 is 0 Å². The highest BCUT2D eigenvalue weighted by Crippen LogP contribution is 2.60. The average Bonchev–Trinajstić information content (AvgIpc) is 2.56. The molecule has 3 aliphatic rings. The lowest BCUT2D eigenvalue weighted by molar-refractivity contribution is -0.121. The Bertz CT molecular complexity index is 361. The fourth-order valence-electron chi connectivity index (χ4n) is 3.14. The highest BCUT2D eigenvalue weighted by Gasteiger charge is 2.56. The van der Waals surface area contributed by atoms with Crippen LogP contribution in [-0.4, -0.2) is 5.78 Å². The second-order valence-electron chi connectivity index (χ2n) is 4.43. The van der Waals surface area contributed by atoms with Gasteiger partial charge in [-0.25, -0.2) is 0 Å². The average molecular weight is 172 g/mol. The Labute approximate surface area is 77.8 Å². The van der Waals surface area contributed by atoms with Gasteiger partial charge in [-0.2, -0.15) is 0 Å². The molecule has 66 valence electrons. The summed E-state index contributed by atoms with van der Waals surface area (Å²) in [5.74, 6) is 1.01. The van der Waals surface area contributed by atoms with Crippen molar-refractivity contribution in [3.8, 4) is 0 Å². The number of hydrogen-bond donors (Lipinski definition) is 0.